The van der Waals surface area contributed by atoms with Gasteiger partial charge in [0.1, 0.15) is 0 Å². The Hall–Kier alpha value is -2.15. The normalized spacial score (nSPS) is 20.2. The Balaban J connectivity index is 1.54. The number of anilines is 1. The Kier molecular flexibility index (Phi) is 7.48. The highest BCUT2D eigenvalue weighted by Gasteiger charge is 2.21. The summed E-state index contributed by atoms with van der Waals surface area (Å²) in [5, 5.41) is 7.84. The molecule has 1 fully saturated rings. The Bertz CT molecular complexity index is 524. The fourth-order valence-electron chi connectivity index (χ4n) is 2.77. The van der Waals surface area contributed by atoms with E-state index in [9.17, 15) is 9.59 Å². The number of amides is 3. The smallest absolute Gasteiger partial charge is 0.315 e. The van der Waals surface area contributed by atoms with Crippen LogP contribution in [0.15, 0.2) is 24.5 Å². The van der Waals surface area contributed by atoms with Crippen LogP contribution in [0.25, 0.3) is 0 Å². The molecule has 0 aromatic carbocycles. The fourth-order valence-corrected chi connectivity index (χ4v) is 2.77. The molecule has 1 aromatic rings. The molecular formula is C17H26N4O3. The third kappa shape index (κ3) is 6.54. The molecule has 0 radical (unpaired) electrons. The minimum absolute atomic E-state index is 0.0960. The molecule has 7 nitrogen and oxygen atoms in total. The van der Waals surface area contributed by atoms with Crippen LogP contribution in [0.4, 0.5) is 10.5 Å². The molecule has 2 rings (SSSR count). The van der Waals surface area contributed by atoms with Gasteiger partial charge in [-0.3, -0.25) is 9.78 Å². The Morgan fingerprint density at radius 3 is 2.88 bits per heavy atom. The molecule has 132 valence electrons. The molecule has 0 bridgehead atoms. The third-order valence-corrected chi connectivity index (χ3v) is 4.11. The molecule has 1 aromatic heterocycles. The average Bonchev–Trinajstić information content (AvgIpc) is 2.59. The van der Waals surface area contributed by atoms with E-state index in [-0.39, 0.29) is 18.5 Å². The first-order valence-electron chi connectivity index (χ1n) is 8.48. The van der Waals surface area contributed by atoms with E-state index >= 15 is 0 Å². The summed E-state index contributed by atoms with van der Waals surface area (Å²) >= 11 is 0. The molecule has 1 heterocycles. The van der Waals surface area contributed by atoms with E-state index in [4.69, 9.17) is 4.74 Å². The number of carbonyl (C=O) groups is 2. The van der Waals surface area contributed by atoms with Crippen LogP contribution in [0.5, 0.6) is 0 Å². The molecule has 3 N–H and O–H groups in total. The first-order valence-corrected chi connectivity index (χ1v) is 8.48. The zero-order chi connectivity index (χ0) is 17.2. The molecule has 24 heavy (non-hydrogen) atoms. The van der Waals surface area contributed by atoms with Gasteiger partial charge in [0, 0.05) is 12.7 Å². The first-order chi connectivity index (χ1) is 11.6. The largest absolute Gasteiger partial charge is 0.376 e. The molecule has 1 aliphatic rings. The zero-order valence-electron chi connectivity index (χ0n) is 14.1. The van der Waals surface area contributed by atoms with Gasteiger partial charge in [0.2, 0.25) is 5.91 Å². The fraction of sp³-hybridized carbons (Fsp3) is 0.588. The van der Waals surface area contributed by atoms with Gasteiger partial charge in [-0.2, -0.15) is 0 Å². The van der Waals surface area contributed by atoms with Crippen molar-refractivity contribution < 1.29 is 14.3 Å². The van der Waals surface area contributed by atoms with Crippen molar-refractivity contribution in [3.8, 4) is 0 Å². The molecule has 7 heteroatoms. The highest BCUT2D eigenvalue weighted by molar-refractivity contribution is 5.94. The van der Waals surface area contributed by atoms with Crippen LogP contribution in [-0.4, -0.2) is 42.7 Å². The van der Waals surface area contributed by atoms with Crippen LogP contribution >= 0.6 is 0 Å². The van der Waals surface area contributed by atoms with Crippen molar-refractivity contribution >= 4 is 17.6 Å². The van der Waals surface area contributed by atoms with Crippen LogP contribution in [0.3, 0.4) is 0 Å². The maximum atomic E-state index is 11.7. The quantitative estimate of drug-likeness (QED) is 0.664. The van der Waals surface area contributed by atoms with E-state index in [0.717, 1.165) is 6.42 Å². The molecular weight excluding hydrogens is 308 g/mol. The highest BCUT2D eigenvalue weighted by atomic mass is 16.5. The second-order valence-corrected chi connectivity index (χ2v) is 6.07. The van der Waals surface area contributed by atoms with Crippen LogP contribution in [-0.2, 0) is 9.53 Å². The Labute approximate surface area is 142 Å². The lowest BCUT2D eigenvalue weighted by molar-refractivity contribution is -0.115. The third-order valence-electron chi connectivity index (χ3n) is 4.11. The topological polar surface area (TPSA) is 92.4 Å². The van der Waals surface area contributed by atoms with Gasteiger partial charge in [0.05, 0.1) is 31.1 Å². The summed E-state index contributed by atoms with van der Waals surface area (Å²) in [6.45, 7) is 3.04. The summed E-state index contributed by atoms with van der Waals surface area (Å²) in [6, 6.07) is 3.08. The number of aromatic nitrogens is 1. The van der Waals surface area contributed by atoms with Gasteiger partial charge in [-0.25, -0.2) is 4.79 Å². The van der Waals surface area contributed by atoms with Gasteiger partial charge in [-0.05, 0) is 30.9 Å². The summed E-state index contributed by atoms with van der Waals surface area (Å²) in [7, 11) is 0. The summed E-state index contributed by atoms with van der Waals surface area (Å²) in [4.78, 5) is 27.2. The van der Waals surface area contributed by atoms with E-state index in [1.54, 1.807) is 24.5 Å². The van der Waals surface area contributed by atoms with E-state index in [1.165, 1.54) is 19.3 Å². The number of rotatable bonds is 7. The standard InChI is InChI=1S/C17H26N4O3/c1-13-5-2-3-7-15(13)24-10-9-19-17(23)20-12-16(22)21-14-6-4-8-18-11-14/h4,6,8,11,13,15H,2-3,5,7,9-10,12H2,1H3,(H,21,22)(H2,19,20,23)/t13-,15-/m0/s1. The number of carbonyl (C=O) groups excluding carboxylic acids is 2. The lowest BCUT2D eigenvalue weighted by Gasteiger charge is -2.28. The molecule has 3 amide bonds. The van der Waals surface area contributed by atoms with Crippen molar-refractivity contribution in [1.29, 1.82) is 0 Å². The van der Waals surface area contributed by atoms with Gasteiger partial charge in [-0.1, -0.05) is 19.8 Å². The maximum absolute atomic E-state index is 11.7. The molecule has 0 spiro atoms. The lowest BCUT2D eigenvalue weighted by Crippen LogP contribution is -2.41. The van der Waals surface area contributed by atoms with Gasteiger partial charge in [-0.15, -0.1) is 0 Å². The summed E-state index contributed by atoms with van der Waals surface area (Å²) in [5.41, 5.74) is 0.597. The summed E-state index contributed by atoms with van der Waals surface area (Å²) in [5.74, 6) is 0.286. The maximum Gasteiger partial charge on any atom is 0.315 e. The van der Waals surface area contributed by atoms with Gasteiger partial charge in [0.25, 0.3) is 0 Å². The van der Waals surface area contributed by atoms with Crippen molar-refractivity contribution in [3.63, 3.8) is 0 Å². The van der Waals surface area contributed by atoms with Crippen LogP contribution < -0.4 is 16.0 Å². The molecule has 0 unspecified atom stereocenters. The minimum atomic E-state index is -0.378. The molecule has 0 saturated heterocycles. The number of hydrogen-bond acceptors (Lipinski definition) is 4. The Morgan fingerprint density at radius 2 is 2.12 bits per heavy atom. The number of hydrogen-bond donors (Lipinski definition) is 3. The zero-order valence-corrected chi connectivity index (χ0v) is 14.1. The second kappa shape index (κ2) is 9.87. The van der Waals surface area contributed by atoms with Crippen molar-refractivity contribution in [1.82, 2.24) is 15.6 Å². The average molecular weight is 334 g/mol. The van der Waals surface area contributed by atoms with Crippen LogP contribution in [0, 0.1) is 5.92 Å². The van der Waals surface area contributed by atoms with Gasteiger partial charge >= 0.3 is 6.03 Å². The molecule has 0 aliphatic heterocycles. The number of ether oxygens (including phenoxy) is 1. The van der Waals surface area contributed by atoms with Crippen molar-refractivity contribution in [2.45, 2.75) is 38.7 Å². The molecule has 2 atom stereocenters. The van der Waals surface area contributed by atoms with Crippen LogP contribution in [0.1, 0.15) is 32.6 Å². The number of nitrogens with one attached hydrogen (secondary N) is 3. The van der Waals surface area contributed by atoms with Crippen molar-refractivity contribution in [2.75, 3.05) is 25.0 Å². The predicted molar refractivity (Wildman–Crippen MR) is 91.6 cm³/mol. The van der Waals surface area contributed by atoms with E-state index in [0.29, 0.717) is 30.9 Å². The summed E-state index contributed by atoms with van der Waals surface area (Å²) < 4.78 is 5.82. The van der Waals surface area contributed by atoms with E-state index in [2.05, 4.69) is 27.9 Å². The number of nitrogens with zero attached hydrogens (tertiary/aromatic N) is 1. The first kappa shape index (κ1) is 18.2. The van der Waals surface area contributed by atoms with Crippen LogP contribution in [0.2, 0.25) is 0 Å². The SMILES string of the molecule is C[C@H]1CCCC[C@@H]1OCCNC(=O)NCC(=O)Nc1cccnc1. The Morgan fingerprint density at radius 1 is 1.29 bits per heavy atom. The second-order valence-electron chi connectivity index (χ2n) is 6.07. The molecule has 1 aliphatic carbocycles. The van der Waals surface area contributed by atoms with E-state index in [1.807, 2.05) is 0 Å². The number of pyridine rings is 1. The molecule has 1 saturated carbocycles. The lowest BCUT2D eigenvalue weighted by atomic mass is 9.88. The monoisotopic (exact) mass is 334 g/mol. The minimum Gasteiger partial charge on any atom is -0.376 e. The highest BCUT2D eigenvalue weighted by Crippen LogP contribution is 2.25. The summed E-state index contributed by atoms with van der Waals surface area (Å²) in [6.07, 6.45) is 8.28. The van der Waals surface area contributed by atoms with E-state index < -0.39 is 0 Å². The number of urea groups is 1. The predicted octanol–water partition coefficient (Wildman–Crippen LogP) is 1.91. The van der Waals surface area contributed by atoms with Crippen molar-refractivity contribution in [3.05, 3.63) is 24.5 Å². The van der Waals surface area contributed by atoms with Gasteiger partial charge < -0.3 is 20.7 Å². The van der Waals surface area contributed by atoms with Gasteiger partial charge in [0.15, 0.2) is 0 Å². The van der Waals surface area contributed by atoms with Crippen molar-refractivity contribution in [2.24, 2.45) is 5.92 Å².